The number of halogens is 1. The van der Waals surface area contributed by atoms with Crippen LogP contribution >= 0.6 is 0 Å². The van der Waals surface area contributed by atoms with Crippen LogP contribution in [0.25, 0.3) is 10.9 Å². The third kappa shape index (κ3) is 1.62. The smallest absolute Gasteiger partial charge is 0.125 e. The Labute approximate surface area is 86.9 Å². The van der Waals surface area contributed by atoms with Crippen molar-refractivity contribution >= 4 is 10.9 Å². The monoisotopic (exact) mass is 208 g/mol. The van der Waals surface area contributed by atoms with Gasteiger partial charge in [-0.3, -0.25) is 0 Å². The molecule has 0 aliphatic carbocycles. The van der Waals surface area contributed by atoms with Gasteiger partial charge in [-0.15, -0.1) is 0 Å². The predicted octanol–water partition coefficient (Wildman–Crippen LogP) is 1.31. The lowest BCUT2D eigenvalue weighted by atomic mass is 10.1. The Bertz CT molecular complexity index is 493. The predicted molar refractivity (Wildman–Crippen MR) is 56.9 cm³/mol. The highest BCUT2D eigenvalue weighted by Crippen LogP contribution is 2.26. The molecular weight excluding hydrogens is 195 g/mol. The van der Waals surface area contributed by atoms with Crippen molar-refractivity contribution in [1.82, 2.24) is 4.57 Å². The van der Waals surface area contributed by atoms with Crippen molar-refractivity contribution in [2.24, 2.45) is 12.8 Å². The second kappa shape index (κ2) is 3.64. The minimum Gasteiger partial charge on any atom is -0.387 e. The van der Waals surface area contributed by atoms with E-state index in [-0.39, 0.29) is 12.4 Å². The Kier molecular flexibility index (Phi) is 2.46. The van der Waals surface area contributed by atoms with Crippen LogP contribution in [0.3, 0.4) is 0 Å². The number of hydrogen-bond donors (Lipinski definition) is 2. The van der Waals surface area contributed by atoms with Crippen LogP contribution in [0.15, 0.2) is 24.4 Å². The van der Waals surface area contributed by atoms with Gasteiger partial charge in [-0.05, 0) is 18.2 Å². The molecule has 2 aromatic rings. The zero-order valence-electron chi connectivity index (χ0n) is 8.44. The molecule has 1 aromatic carbocycles. The first-order chi connectivity index (χ1) is 7.13. The molecule has 0 radical (unpaired) electrons. The largest absolute Gasteiger partial charge is 0.387 e. The number of aromatic nitrogens is 1. The van der Waals surface area contributed by atoms with Gasteiger partial charge in [-0.2, -0.15) is 0 Å². The van der Waals surface area contributed by atoms with Gasteiger partial charge < -0.3 is 15.4 Å². The van der Waals surface area contributed by atoms with E-state index in [1.807, 2.05) is 7.05 Å². The first-order valence-corrected chi connectivity index (χ1v) is 4.76. The summed E-state index contributed by atoms with van der Waals surface area (Å²) >= 11 is 0. The number of aryl methyl sites for hydroxylation is 1. The van der Waals surface area contributed by atoms with E-state index in [2.05, 4.69) is 0 Å². The standard InChI is InChI=1S/C11H13FN2O/c1-14-6-9(11(15)5-13)8-3-2-7(12)4-10(8)14/h2-4,6,11,15H,5,13H2,1H3. The fourth-order valence-corrected chi connectivity index (χ4v) is 1.78. The van der Waals surface area contributed by atoms with Gasteiger partial charge in [0.1, 0.15) is 5.82 Å². The number of benzene rings is 1. The van der Waals surface area contributed by atoms with Crippen LogP contribution in [-0.4, -0.2) is 16.2 Å². The summed E-state index contributed by atoms with van der Waals surface area (Å²) in [7, 11) is 1.81. The third-order valence-electron chi connectivity index (χ3n) is 2.57. The summed E-state index contributed by atoms with van der Waals surface area (Å²) in [6.07, 6.45) is 1.08. The van der Waals surface area contributed by atoms with Gasteiger partial charge in [0.15, 0.2) is 0 Å². The molecule has 4 heteroatoms. The van der Waals surface area contributed by atoms with E-state index in [1.54, 1.807) is 16.8 Å². The van der Waals surface area contributed by atoms with Crippen molar-refractivity contribution in [3.8, 4) is 0 Å². The first kappa shape index (κ1) is 10.1. The van der Waals surface area contributed by atoms with E-state index in [0.29, 0.717) is 0 Å². The minimum atomic E-state index is -0.695. The fourth-order valence-electron chi connectivity index (χ4n) is 1.78. The Morgan fingerprint density at radius 1 is 1.53 bits per heavy atom. The highest BCUT2D eigenvalue weighted by Gasteiger charge is 2.13. The number of aliphatic hydroxyl groups excluding tert-OH is 1. The van der Waals surface area contributed by atoms with Gasteiger partial charge in [0, 0.05) is 30.7 Å². The van der Waals surface area contributed by atoms with E-state index >= 15 is 0 Å². The van der Waals surface area contributed by atoms with Gasteiger partial charge in [0.25, 0.3) is 0 Å². The van der Waals surface area contributed by atoms with Gasteiger partial charge in [0.05, 0.1) is 11.6 Å². The molecule has 3 N–H and O–H groups in total. The van der Waals surface area contributed by atoms with Crippen LogP contribution < -0.4 is 5.73 Å². The number of hydrogen-bond acceptors (Lipinski definition) is 2. The molecule has 80 valence electrons. The molecule has 0 aliphatic rings. The molecule has 3 nitrogen and oxygen atoms in total. The average molecular weight is 208 g/mol. The first-order valence-electron chi connectivity index (χ1n) is 4.76. The zero-order valence-corrected chi connectivity index (χ0v) is 8.44. The topological polar surface area (TPSA) is 51.2 Å². The molecule has 1 aromatic heterocycles. The highest BCUT2D eigenvalue weighted by molar-refractivity contribution is 5.84. The Balaban J connectivity index is 2.68. The summed E-state index contributed by atoms with van der Waals surface area (Å²) in [4.78, 5) is 0. The van der Waals surface area contributed by atoms with Crippen molar-refractivity contribution in [2.75, 3.05) is 6.54 Å². The van der Waals surface area contributed by atoms with E-state index in [1.165, 1.54) is 12.1 Å². The maximum atomic E-state index is 13.0. The molecular formula is C11H13FN2O. The molecule has 0 spiro atoms. The zero-order chi connectivity index (χ0) is 11.0. The maximum absolute atomic E-state index is 13.0. The second-order valence-corrected chi connectivity index (χ2v) is 3.61. The number of rotatable bonds is 2. The van der Waals surface area contributed by atoms with Gasteiger partial charge in [0.2, 0.25) is 0 Å². The van der Waals surface area contributed by atoms with Crippen LogP contribution in [0.4, 0.5) is 4.39 Å². The molecule has 1 atom stereocenters. The Morgan fingerprint density at radius 3 is 2.93 bits per heavy atom. The van der Waals surface area contributed by atoms with Crippen LogP contribution in [0.2, 0.25) is 0 Å². The van der Waals surface area contributed by atoms with Gasteiger partial charge in [-0.1, -0.05) is 0 Å². The molecule has 0 saturated carbocycles. The molecule has 0 aliphatic heterocycles. The summed E-state index contributed by atoms with van der Waals surface area (Å²) in [5, 5.41) is 10.5. The van der Waals surface area contributed by atoms with Gasteiger partial charge in [-0.25, -0.2) is 4.39 Å². The van der Waals surface area contributed by atoms with E-state index in [4.69, 9.17) is 5.73 Å². The van der Waals surface area contributed by atoms with Crippen LogP contribution in [0.5, 0.6) is 0 Å². The van der Waals surface area contributed by atoms with E-state index in [9.17, 15) is 9.50 Å². The van der Waals surface area contributed by atoms with Gasteiger partial charge >= 0.3 is 0 Å². The molecule has 2 rings (SSSR count). The summed E-state index contributed by atoms with van der Waals surface area (Å²) in [6.45, 7) is 0.163. The van der Waals surface area contributed by atoms with Crippen LogP contribution in [0, 0.1) is 5.82 Å². The molecule has 0 fully saturated rings. The quantitative estimate of drug-likeness (QED) is 0.781. The van der Waals surface area contributed by atoms with Crippen molar-refractivity contribution in [3.63, 3.8) is 0 Å². The van der Waals surface area contributed by atoms with Crippen molar-refractivity contribution in [2.45, 2.75) is 6.10 Å². The number of nitrogens with two attached hydrogens (primary N) is 1. The second-order valence-electron chi connectivity index (χ2n) is 3.61. The molecule has 0 bridgehead atoms. The van der Waals surface area contributed by atoms with Crippen molar-refractivity contribution in [1.29, 1.82) is 0 Å². The molecule has 0 saturated heterocycles. The van der Waals surface area contributed by atoms with Crippen LogP contribution in [-0.2, 0) is 7.05 Å². The third-order valence-corrected chi connectivity index (χ3v) is 2.57. The lowest BCUT2D eigenvalue weighted by Crippen LogP contribution is -2.10. The molecule has 15 heavy (non-hydrogen) atoms. The van der Waals surface area contributed by atoms with Crippen molar-refractivity contribution in [3.05, 3.63) is 35.8 Å². The normalized spacial score (nSPS) is 13.3. The lowest BCUT2D eigenvalue weighted by molar-refractivity contribution is 0.188. The van der Waals surface area contributed by atoms with E-state index < -0.39 is 6.10 Å². The number of fused-ring (bicyclic) bond motifs is 1. The Hall–Kier alpha value is -1.39. The summed E-state index contributed by atoms with van der Waals surface area (Å²) in [6, 6.07) is 4.50. The maximum Gasteiger partial charge on any atom is 0.125 e. The Morgan fingerprint density at radius 2 is 2.27 bits per heavy atom. The molecule has 1 unspecified atom stereocenters. The van der Waals surface area contributed by atoms with E-state index in [0.717, 1.165) is 16.5 Å². The summed E-state index contributed by atoms with van der Waals surface area (Å²) in [5.41, 5.74) is 6.91. The highest BCUT2D eigenvalue weighted by atomic mass is 19.1. The lowest BCUT2D eigenvalue weighted by Gasteiger charge is -2.05. The number of aliphatic hydroxyl groups is 1. The number of nitrogens with zero attached hydrogens (tertiary/aromatic N) is 1. The summed E-state index contributed by atoms with van der Waals surface area (Å²) in [5.74, 6) is -0.280. The SMILES string of the molecule is Cn1cc(C(O)CN)c2ccc(F)cc21. The molecule has 1 heterocycles. The molecule has 0 amide bonds. The fraction of sp³-hybridized carbons (Fsp3) is 0.273. The minimum absolute atomic E-state index is 0.163. The average Bonchev–Trinajstić information content (AvgIpc) is 2.55. The van der Waals surface area contributed by atoms with Crippen LogP contribution in [0.1, 0.15) is 11.7 Å². The summed E-state index contributed by atoms with van der Waals surface area (Å²) < 4.78 is 14.8. The van der Waals surface area contributed by atoms with Crippen molar-refractivity contribution < 1.29 is 9.50 Å².